The number of hydrogen-bond donors (Lipinski definition) is 3. The summed E-state index contributed by atoms with van der Waals surface area (Å²) in [6.07, 6.45) is 0.371. The summed E-state index contributed by atoms with van der Waals surface area (Å²) >= 11 is 23.2. The van der Waals surface area contributed by atoms with Gasteiger partial charge in [-0.2, -0.15) is 0 Å². The Morgan fingerprint density at radius 2 is 1.15 bits per heavy atom. The highest BCUT2D eigenvalue weighted by Gasteiger charge is 2.35. The van der Waals surface area contributed by atoms with Crippen LogP contribution < -0.4 is 20.3 Å². The molecule has 0 radical (unpaired) electrons. The third-order valence-corrected chi connectivity index (χ3v) is 12.7. The van der Waals surface area contributed by atoms with Crippen molar-refractivity contribution in [1.82, 2.24) is 10.6 Å². The Balaban J connectivity index is 0.000000264. The summed E-state index contributed by atoms with van der Waals surface area (Å²) in [6, 6.07) is 23.2. The van der Waals surface area contributed by atoms with Crippen molar-refractivity contribution in [1.29, 1.82) is 0 Å². The second-order valence-electron chi connectivity index (χ2n) is 15.4. The Morgan fingerprint density at radius 1 is 0.683 bits per heavy atom. The molecule has 328 valence electrons. The van der Waals surface area contributed by atoms with Crippen LogP contribution in [0.4, 0.5) is 21.0 Å². The monoisotopic (exact) mass is 964 g/mol. The fraction of sp³-hybridized carbons (Fsp3) is 0.366. The van der Waals surface area contributed by atoms with E-state index in [2.05, 4.69) is 28.1 Å². The van der Waals surface area contributed by atoms with E-state index in [9.17, 15) is 26.4 Å². The predicted octanol–water partition coefficient (Wildman–Crippen LogP) is 10.7. The van der Waals surface area contributed by atoms with Gasteiger partial charge in [0.25, 0.3) is 19.1 Å². The average molecular weight is 967 g/mol. The molecule has 2 amide bonds. The van der Waals surface area contributed by atoms with E-state index in [1.165, 1.54) is 46.3 Å². The third-order valence-electron chi connectivity index (χ3n) is 8.20. The van der Waals surface area contributed by atoms with Gasteiger partial charge >= 0.3 is 12.2 Å². The lowest BCUT2D eigenvalue weighted by Gasteiger charge is -2.36. The van der Waals surface area contributed by atoms with Gasteiger partial charge in [0.2, 0.25) is 0 Å². The first-order valence-electron chi connectivity index (χ1n) is 18.1. The number of nitrogens with one attached hydrogen (secondary N) is 3. The minimum atomic E-state index is -3.98. The van der Waals surface area contributed by atoms with Gasteiger partial charge in [0.15, 0.2) is 0 Å². The first kappa shape index (κ1) is 50.7. The quantitative estimate of drug-likeness (QED) is 0.165. The van der Waals surface area contributed by atoms with E-state index in [0.29, 0.717) is 22.2 Å². The van der Waals surface area contributed by atoms with E-state index in [0.717, 1.165) is 24.2 Å². The minimum Gasteiger partial charge on any atom is -0.444 e. The van der Waals surface area contributed by atoms with Crippen LogP contribution in [0.5, 0.6) is 0 Å². The number of sulfonamides is 1. The molecule has 19 heteroatoms. The van der Waals surface area contributed by atoms with Gasteiger partial charge in [0, 0.05) is 33.0 Å². The molecule has 2 aliphatic rings. The Hall–Kier alpha value is -3.63. The Labute approximate surface area is 377 Å². The first-order chi connectivity index (χ1) is 27.3. The van der Waals surface area contributed by atoms with Gasteiger partial charge in [-0.1, -0.05) is 90.2 Å². The highest BCUT2D eigenvalue weighted by Crippen LogP contribution is 2.35. The lowest BCUT2D eigenvalue weighted by atomic mass is 10.00. The summed E-state index contributed by atoms with van der Waals surface area (Å²) in [6.45, 7) is 11.7. The normalized spacial score (nSPS) is 16.0. The highest BCUT2D eigenvalue weighted by molar-refractivity contribution is 8.13. The SMILES string of the molecule is C.CC(C)(C)OC(=O)NC1CNc2ccccc2C1.CC(C)(C)OC(=O)NC1Cc2ccccc2N(S(=O)(=O)c2ccc(Cl)cc2Cl)C1.O=S(=O)(Cl)c1ccc(Cl)cc1Cl. The van der Waals surface area contributed by atoms with Crippen LogP contribution >= 0.6 is 57.1 Å². The topological polar surface area (TPSA) is 160 Å². The van der Waals surface area contributed by atoms with Crippen molar-refractivity contribution in [3.8, 4) is 0 Å². The second-order valence-corrected chi connectivity index (χ2v) is 21.4. The number of para-hydroxylation sites is 2. The fourth-order valence-corrected chi connectivity index (χ4v) is 9.90. The van der Waals surface area contributed by atoms with Crippen LogP contribution in [0.1, 0.15) is 60.1 Å². The lowest BCUT2D eigenvalue weighted by molar-refractivity contribution is 0.0494. The zero-order valence-corrected chi connectivity index (χ0v) is 38.4. The number of alkyl carbamates (subject to hydrolysis) is 2. The number of ether oxygens (including phenoxy) is 2. The molecule has 0 saturated heterocycles. The minimum absolute atomic E-state index is 0. The maximum Gasteiger partial charge on any atom is 0.407 e. The second kappa shape index (κ2) is 21.0. The largest absolute Gasteiger partial charge is 0.444 e. The Bertz CT molecular complexity index is 2370. The molecule has 0 saturated carbocycles. The summed E-state index contributed by atoms with van der Waals surface area (Å²) in [5.74, 6) is 0. The van der Waals surface area contributed by atoms with Gasteiger partial charge in [-0.3, -0.25) is 4.31 Å². The van der Waals surface area contributed by atoms with Crippen LogP contribution in [0.2, 0.25) is 20.1 Å². The van der Waals surface area contributed by atoms with Crippen LogP contribution in [0, 0.1) is 0 Å². The van der Waals surface area contributed by atoms with Crippen LogP contribution in [-0.2, 0) is 41.4 Å². The number of benzene rings is 4. The molecule has 2 unspecified atom stereocenters. The number of hydrogen-bond acceptors (Lipinski definition) is 9. The van der Waals surface area contributed by atoms with Gasteiger partial charge in [-0.05, 0) is 114 Å². The number of halogens is 5. The number of carbonyl (C=O) groups is 2. The molecule has 2 heterocycles. The van der Waals surface area contributed by atoms with Gasteiger partial charge in [0.05, 0.1) is 34.4 Å². The fourth-order valence-electron chi connectivity index (χ4n) is 5.85. The van der Waals surface area contributed by atoms with E-state index in [4.69, 9.17) is 66.6 Å². The molecule has 6 rings (SSSR count). The first-order valence-corrected chi connectivity index (χ1v) is 23.3. The molecule has 4 aromatic rings. The summed E-state index contributed by atoms with van der Waals surface area (Å²) in [4.78, 5) is 23.7. The molecule has 0 aliphatic carbocycles. The molecule has 0 fully saturated rings. The maximum absolute atomic E-state index is 13.4. The summed E-state index contributed by atoms with van der Waals surface area (Å²) in [5, 5.41) is 9.75. The molecule has 4 aromatic carbocycles. The van der Waals surface area contributed by atoms with Crippen LogP contribution in [0.3, 0.4) is 0 Å². The number of rotatable bonds is 5. The van der Waals surface area contributed by atoms with Crippen LogP contribution in [0.25, 0.3) is 0 Å². The van der Waals surface area contributed by atoms with Gasteiger partial charge < -0.3 is 25.4 Å². The molecule has 0 spiro atoms. The van der Waals surface area contributed by atoms with Gasteiger partial charge in [0.1, 0.15) is 21.0 Å². The van der Waals surface area contributed by atoms with Gasteiger partial charge in [-0.15, -0.1) is 0 Å². The number of anilines is 2. The third kappa shape index (κ3) is 15.1. The number of nitrogens with zero attached hydrogens (tertiary/aromatic N) is 1. The molecule has 0 bridgehead atoms. The van der Waals surface area contributed by atoms with E-state index >= 15 is 0 Å². The Kier molecular flexibility index (Phi) is 17.7. The maximum atomic E-state index is 13.4. The molecule has 3 N–H and O–H groups in total. The number of carbonyl (C=O) groups excluding carboxylic acids is 2. The Morgan fingerprint density at radius 3 is 1.67 bits per heavy atom. The van der Waals surface area contributed by atoms with Crippen molar-refractivity contribution in [2.75, 3.05) is 22.7 Å². The molecule has 12 nitrogen and oxygen atoms in total. The van der Waals surface area contributed by atoms with Crippen LogP contribution in [-0.4, -0.2) is 65.4 Å². The lowest BCUT2D eigenvalue weighted by Crippen LogP contribution is -2.51. The summed E-state index contributed by atoms with van der Waals surface area (Å²) in [7, 11) is -2.68. The van der Waals surface area contributed by atoms with Crippen molar-refractivity contribution < 1.29 is 35.9 Å². The van der Waals surface area contributed by atoms with Crippen molar-refractivity contribution in [3.63, 3.8) is 0 Å². The van der Waals surface area contributed by atoms with Gasteiger partial charge in [-0.25, -0.2) is 26.4 Å². The number of amides is 2. The van der Waals surface area contributed by atoms with Crippen molar-refractivity contribution in [2.45, 2.75) is 94.9 Å². The van der Waals surface area contributed by atoms with E-state index < -0.39 is 42.4 Å². The predicted molar refractivity (Wildman–Crippen MR) is 242 cm³/mol. The van der Waals surface area contributed by atoms with E-state index in [1.54, 1.807) is 32.9 Å². The standard InChI is InChI=1S/C20H22Cl2N2O4S.C14H20N2O2.C6H3Cl3O2S.CH4/c1-20(2,3)28-19(25)23-15-10-13-6-4-5-7-17(13)24(12-15)29(26,27)18-9-8-14(21)11-16(18)22;1-14(2,3)18-13(17)16-11-8-10-6-4-5-7-12(10)15-9-11;7-4-1-2-6(5(8)3-4)12(9,10)11;/h4-9,11,15H,10,12H2,1-3H3,(H,23,25);4-7,11,15H,8-9H2,1-3H3,(H,16,17);1-3H;1H4. The highest BCUT2D eigenvalue weighted by atomic mass is 35.7. The zero-order valence-electron chi connectivity index (χ0n) is 33.0. The number of fused-ring (bicyclic) bond motifs is 2. The van der Waals surface area contributed by atoms with Crippen molar-refractivity contribution in [3.05, 3.63) is 116 Å². The van der Waals surface area contributed by atoms with Crippen LogP contribution in [0.15, 0.2) is 94.7 Å². The molecule has 0 aromatic heterocycles. The van der Waals surface area contributed by atoms with E-state index in [1.807, 2.05) is 45.0 Å². The van der Waals surface area contributed by atoms with E-state index in [-0.39, 0.29) is 45.9 Å². The zero-order chi connectivity index (χ0) is 43.9. The molecular formula is C41H49Cl5N4O8S2. The van der Waals surface area contributed by atoms with Crippen molar-refractivity contribution >= 4 is 99.7 Å². The smallest absolute Gasteiger partial charge is 0.407 e. The average Bonchev–Trinajstić information content (AvgIpc) is 3.09. The summed E-state index contributed by atoms with van der Waals surface area (Å²) in [5.41, 5.74) is 2.63. The molecule has 2 aliphatic heterocycles. The molecule has 60 heavy (non-hydrogen) atoms. The summed E-state index contributed by atoms with van der Waals surface area (Å²) < 4.78 is 60.2. The molecule has 2 atom stereocenters. The molecular weight excluding hydrogens is 918 g/mol. The van der Waals surface area contributed by atoms with Crippen molar-refractivity contribution in [2.24, 2.45) is 0 Å².